The van der Waals surface area contributed by atoms with E-state index in [1.807, 2.05) is 0 Å². The monoisotopic (exact) mass is 301 g/mol. The van der Waals surface area contributed by atoms with Crippen LogP contribution in [0, 0.1) is 5.92 Å². The fraction of sp³-hybridized carbons (Fsp3) is 0.438. The zero-order chi connectivity index (χ0) is 15.9. The van der Waals surface area contributed by atoms with Gasteiger partial charge in [0.05, 0.1) is 11.3 Å². The third kappa shape index (κ3) is 2.45. The first-order chi connectivity index (χ1) is 10.5. The van der Waals surface area contributed by atoms with Crippen LogP contribution in [-0.2, 0) is 9.59 Å². The van der Waals surface area contributed by atoms with Crippen LogP contribution in [0.2, 0.25) is 0 Å². The van der Waals surface area contributed by atoms with Crippen LogP contribution in [-0.4, -0.2) is 35.2 Å². The Balaban J connectivity index is 1.94. The summed E-state index contributed by atoms with van der Waals surface area (Å²) in [5.41, 5.74) is 1.50. The predicted octanol–water partition coefficient (Wildman–Crippen LogP) is 1.84. The maximum atomic E-state index is 12.7. The van der Waals surface area contributed by atoms with E-state index in [1.54, 1.807) is 36.9 Å². The maximum Gasteiger partial charge on any atom is 0.256 e. The number of hydrogen-bond acceptors (Lipinski definition) is 3. The second-order valence-electron chi connectivity index (χ2n) is 6.05. The number of amides is 3. The summed E-state index contributed by atoms with van der Waals surface area (Å²) in [6, 6.07) is 4.62. The summed E-state index contributed by atoms with van der Waals surface area (Å²) in [4.78, 5) is 38.2. The molecule has 3 amide bonds. The highest BCUT2D eigenvalue weighted by Gasteiger charge is 2.38. The number of nitrogens with zero attached hydrogens (tertiary/aromatic N) is 1. The summed E-state index contributed by atoms with van der Waals surface area (Å²) in [6.45, 7) is 4.21. The van der Waals surface area contributed by atoms with Crippen LogP contribution in [0.4, 0.5) is 11.4 Å². The lowest BCUT2D eigenvalue weighted by molar-refractivity contribution is -0.120. The SMILES string of the molecule is CC(C)C(=O)Nc1ccc2c(c1)C(=O)N1CCCC1C(=O)N2. The lowest BCUT2D eigenvalue weighted by Gasteiger charge is -2.20. The highest BCUT2D eigenvalue weighted by atomic mass is 16.2. The zero-order valence-electron chi connectivity index (χ0n) is 12.7. The average Bonchev–Trinajstić information content (AvgIpc) is 2.94. The maximum absolute atomic E-state index is 12.7. The number of anilines is 2. The molecule has 22 heavy (non-hydrogen) atoms. The summed E-state index contributed by atoms with van der Waals surface area (Å²) in [5.74, 6) is -0.540. The molecule has 1 atom stereocenters. The first kappa shape index (κ1) is 14.6. The fourth-order valence-electron chi connectivity index (χ4n) is 2.85. The molecule has 2 heterocycles. The van der Waals surface area contributed by atoms with Crippen molar-refractivity contribution in [2.24, 2.45) is 5.92 Å². The van der Waals surface area contributed by atoms with Crippen molar-refractivity contribution in [3.63, 3.8) is 0 Å². The minimum absolute atomic E-state index is 0.107. The molecule has 0 spiro atoms. The van der Waals surface area contributed by atoms with Gasteiger partial charge < -0.3 is 15.5 Å². The van der Waals surface area contributed by atoms with Gasteiger partial charge in [-0.3, -0.25) is 14.4 Å². The highest BCUT2D eigenvalue weighted by Crippen LogP contribution is 2.30. The van der Waals surface area contributed by atoms with Gasteiger partial charge in [-0.1, -0.05) is 13.8 Å². The first-order valence-electron chi connectivity index (χ1n) is 7.54. The van der Waals surface area contributed by atoms with Crippen molar-refractivity contribution >= 4 is 29.1 Å². The van der Waals surface area contributed by atoms with E-state index in [0.29, 0.717) is 29.9 Å². The van der Waals surface area contributed by atoms with Crippen molar-refractivity contribution in [3.8, 4) is 0 Å². The molecular weight excluding hydrogens is 282 g/mol. The number of carbonyl (C=O) groups is 3. The molecular formula is C16H19N3O3. The van der Waals surface area contributed by atoms with Gasteiger partial charge in [0, 0.05) is 18.2 Å². The van der Waals surface area contributed by atoms with E-state index in [0.717, 1.165) is 6.42 Å². The predicted molar refractivity (Wildman–Crippen MR) is 82.6 cm³/mol. The van der Waals surface area contributed by atoms with Gasteiger partial charge in [0.2, 0.25) is 11.8 Å². The molecule has 0 radical (unpaired) electrons. The topological polar surface area (TPSA) is 78.5 Å². The Morgan fingerprint density at radius 2 is 2.14 bits per heavy atom. The van der Waals surface area contributed by atoms with Gasteiger partial charge in [-0.15, -0.1) is 0 Å². The van der Waals surface area contributed by atoms with Crippen molar-refractivity contribution < 1.29 is 14.4 Å². The molecule has 1 aromatic carbocycles. The van der Waals surface area contributed by atoms with Crippen LogP contribution in [0.25, 0.3) is 0 Å². The summed E-state index contributed by atoms with van der Waals surface area (Å²) < 4.78 is 0. The van der Waals surface area contributed by atoms with E-state index in [4.69, 9.17) is 0 Å². The van der Waals surface area contributed by atoms with Crippen molar-refractivity contribution in [2.75, 3.05) is 17.2 Å². The van der Waals surface area contributed by atoms with E-state index < -0.39 is 0 Å². The van der Waals surface area contributed by atoms with Gasteiger partial charge in [-0.25, -0.2) is 0 Å². The van der Waals surface area contributed by atoms with Crippen molar-refractivity contribution in [1.82, 2.24) is 4.90 Å². The number of nitrogens with one attached hydrogen (secondary N) is 2. The lowest BCUT2D eigenvalue weighted by atomic mass is 10.1. The fourth-order valence-corrected chi connectivity index (χ4v) is 2.85. The molecule has 1 fully saturated rings. The molecule has 6 heteroatoms. The minimum atomic E-state index is -0.381. The van der Waals surface area contributed by atoms with Crippen LogP contribution < -0.4 is 10.6 Å². The largest absolute Gasteiger partial charge is 0.327 e. The Labute approximate surface area is 128 Å². The van der Waals surface area contributed by atoms with E-state index in [2.05, 4.69) is 10.6 Å². The Morgan fingerprint density at radius 1 is 1.36 bits per heavy atom. The van der Waals surface area contributed by atoms with Gasteiger partial charge in [0.1, 0.15) is 6.04 Å². The van der Waals surface area contributed by atoms with Gasteiger partial charge in [0.25, 0.3) is 5.91 Å². The average molecular weight is 301 g/mol. The number of fused-ring (bicyclic) bond motifs is 2. The summed E-state index contributed by atoms with van der Waals surface area (Å²) >= 11 is 0. The molecule has 3 rings (SSSR count). The zero-order valence-corrected chi connectivity index (χ0v) is 12.7. The van der Waals surface area contributed by atoms with Gasteiger partial charge in [-0.2, -0.15) is 0 Å². The molecule has 1 saturated heterocycles. The molecule has 0 saturated carbocycles. The van der Waals surface area contributed by atoms with Crippen molar-refractivity contribution in [3.05, 3.63) is 23.8 Å². The van der Waals surface area contributed by atoms with E-state index in [-0.39, 0.29) is 29.7 Å². The summed E-state index contributed by atoms with van der Waals surface area (Å²) in [5, 5.41) is 5.59. The first-order valence-corrected chi connectivity index (χ1v) is 7.54. The van der Waals surface area contributed by atoms with E-state index >= 15 is 0 Å². The Bertz CT molecular complexity index is 654. The smallest absolute Gasteiger partial charge is 0.256 e. The standard InChI is InChI=1S/C16H19N3O3/c1-9(2)14(20)17-10-5-6-12-11(8-10)16(22)19-7-3-4-13(19)15(21)18-12/h5-6,8-9,13H,3-4,7H2,1-2H3,(H,17,20)(H,18,21). The van der Waals surface area contributed by atoms with Gasteiger partial charge in [-0.05, 0) is 31.0 Å². The van der Waals surface area contributed by atoms with Crippen LogP contribution in [0.3, 0.4) is 0 Å². The Kier molecular flexibility index (Phi) is 3.60. The van der Waals surface area contributed by atoms with Crippen LogP contribution in [0.5, 0.6) is 0 Å². The molecule has 2 aliphatic rings. The van der Waals surface area contributed by atoms with Crippen molar-refractivity contribution in [2.45, 2.75) is 32.7 Å². The lowest BCUT2D eigenvalue weighted by Crippen LogP contribution is -2.40. The second-order valence-corrected chi connectivity index (χ2v) is 6.05. The Hall–Kier alpha value is -2.37. The molecule has 0 aromatic heterocycles. The number of benzene rings is 1. The molecule has 2 N–H and O–H groups in total. The van der Waals surface area contributed by atoms with Crippen LogP contribution >= 0.6 is 0 Å². The third-order valence-corrected chi connectivity index (χ3v) is 4.12. The molecule has 6 nitrogen and oxygen atoms in total. The number of carbonyl (C=O) groups excluding carboxylic acids is 3. The van der Waals surface area contributed by atoms with Gasteiger partial charge in [0.15, 0.2) is 0 Å². The molecule has 2 aliphatic heterocycles. The summed E-state index contributed by atoms with van der Waals surface area (Å²) in [6.07, 6.45) is 1.53. The van der Waals surface area contributed by atoms with Gasteiger partial charge >= 0.3 is 0 Å². The van der Waals surface area contributed by atoms with E-state index in [1.165, 1.54) is 0 Å². The van der Waals surface area contributed by atoms with Crippen LogP contribution in [0.1, 0.15) is 37.0 Å². The molecule has 1 unspecified atom stereocenters. The third-order valence-electron chi connectivity index (χ3n) is 4.12. The van der Waals surface area contributed by atoms with E-state index in [9.17, 15) is 14.4 Å². The number of rotatable bonds is 2. The summed E-state index contributed by atoms with van der Waals surface area (Å²) in [7, 11) is 0. The quantitative estimate of drug-likeness (QED) is 0.875. The van der Waals surface area contributed by atoms with Crippen LogP contribution in [0.15, 0.2) is 18.2 Å². The molecule has 1 aromatic rings. The minimum Gasteiger partial charge on any atom is -0.327 e. The molecule has 116 valence electrons. The molecule has 0 bridgehead atoms. The number of hydrogen-bond donors (Lipinski definition) is 2. The molecule has 0 aliphatic carbocycles. The Morgan fingerprint density at radius 3 is 2.86 bits per heavy atom. The second kappa shape index (κ2) is 5.44. The highest BCUT2D eigenvalue weighted by molar-refractivity contribution is 6.11. The van der Waals surface area contributed by atoms with Crippen molar-refractivity contribution in [1.29, 1.82) is 0 Å². The normalized spacial score (nSPS) is 20.3.